The number of rotatable bonds is 3. The molecule has 1 aromatic heterocycles. The SMILES string of the molecule is CC(c1ccccc1)n1cc(-c2cccc3c2NCCCN3C)cn1. The van der Waals surface area contributed by atoms with Crippen LogP contribution in [0.4, 0.5) is 11.4 Å². The summed E-state index contributed by atoms with van der Waals surface area (Å²) >= 11 is 0. The molecule has 0 saturated carbocycles. The predicted octanol–water partition coefficient (Wildman–Crippen LogP) is 4.41. The van der Waals surface area contributed by atoms with E-state index in [0.717, 1.165) is 25.1 Å². The van der Waals surface area contributed by atoms with Crippen molar-refractivity contribution in [2.75, 3.05) is 30.4 Å². The summed E-state index contributed by atoms with van der Waals surface area (Å²) < 4.78 is 2.05. The maximum atomic E-state index is 4.64. The first-order chi connectivity index (χ1) is 12.2. The third-order valence-corrected chi connectivity index (χ3v) is 5.02. The predicted molar refractivity (Wildman–Crippen MR) is 104 cm³/mol. The van der Waals surface area contributed by atoms with Crippen molar-refractivity contribution in [1.82, 2.24) is 9.78 Å². The Kier molecular flexibility index (Phi) is 4.18. The zero-order valence-electron chi connectivity index (χ0n) is 14.8. The van der Waals surface area contributed by atoms with Gasteiger partial charge in [-0.1, -0.05) is 42.5 Å². The van der Waals surface area contributed by atoms with Gasteiger partial charge in [0.2, 0.25) is 0 Å². The zero-order valence-corrected chi connectivity index (χ0v) is 14.8. The van der Waals surface area contributed by atoms with E-state index in [4.69, 9.17) is 0 Å². The maximum absolute atomic E-state index is 4.64. The molecule has 1 aliphatic rings. The molecule has 0 bridgehead atoms. The Morgan fingerprint density at radius 3 is 2.76 bits per heavy atom. The quantitative estimate of drug-likeness (QED) is 0.771. The van der Waals surface area contributed by atoms with E-state index in [-0.39, 0.29) is 6.04 Å². The minimum Gasteiger partial charge on any atom is -0.383 e. The molecule has 4 rings (SSSR count). The topological polar surface area (TPSA) is 33.1 Å². The van der Waals surface area contributed by atoms with Crippen LogP contribution in [0.3, 0.4) is 0 Å². The minimum atomic E-state index is 0.216. The molecule has 1 aliphatic heterocycles. The van der Waals surface area contributed by atoms with Gasteiger partial charge in [0.1, 0.15) is 0 Å². The van der Waals surface area contributed by atoms with Crippen LogP contribution >= 0.6 is 0 Å². The van der Waals surface area contributed by atoms with Crippen molar-refractivity contribution in [3.8, 4) is 11.1 Å². The molecule has 0 spiro atoms. The van der Waals surface area contributed by atoms with Crippen LogP contribution in [0.1, 0.15) is 24.9 Å². The molecule has 0 fully saturated rings. The molecule has 4 nitrogen and oxygen atoms in total. The van der Waals surface area contributed by atoms with Gasteiger partial charge in [0.05, 0.1) is 23.6 Å². The first kappa shape index (κ1) is 15.8. The number of para-hydroxylation sites is 1. The lowest BCUT2D eigenvalue weighted by Crippen LogP contribution is -2.17. The Labute approximate surface area is 149 Å². The van der Waals surface area contributed by atoms with Gasteiger partial charge in [-0.2, -0.15) is 5.10 Å². The summed E-state index contributed by atoms with van der Waals surface area (Å²) in [6, 6.07) is 17.2. The van der Waals surface area contributed by atoms with E-state index in [1.807, 2.05) is 16.9 Å². The van der Waals surface area contributed by atoms with Gasteiger partial charge >= 0.3 is 0 Å². The summed E-state index contributed by atoms with van der Waals surface area (Å²) in [5, 5.41) is 8.25. The fourth-order valence-corrected chi connectivity index (χ4v) is 3.51. The standard InChI is InChI=1S/C21H24N4/c1-16(17-8-4-3-5-9-17)25-15-18(14-23-25)19-10-6-11-20-21(19)22-12-7-13-24(20)2/h3-6,8-11,14-16,22H,7,12-13H2,1-2H3. The van der Waals surface area contributed by atoms with E-state index in [2.05, 4.69) is 77.9 Å². The Balaban J connectivity index is 1.70. The van der Waals surface area contributed by atoms with Crippen LogP contribution in [0.25, 0.3) is 11.1 Å². The average Bonchev–Trinajstić information content (AvgIpc) is 3.07. The number of hydrogen-bond acceptors (Lipinski definition) is 3. The molecular formula is C21H24N4. The highest BCUT2D eigenvalue weighted by atomic mass is 15.3. The molecule has 4 heteroatoms. The second kappa shape index (κ2) is 6.63. The average molecular weight is 332 g/mol. The number of aromatic nitrogens is 2. The molecule has 25 heavy (non-hydrogen) atoms. The Bertz CT molecular complexity index is 853. The van der Waals surface area contributed by atoms with Crippen LogP contribution in [0.5, 0.6) is 0 Å². The normalized spacial score (nSPS) is 15.2. The molecule has 2 heterocycles. The summed E-state index contributed by atoms with van der Waals surface area (Å²) in [6.45, 7) is 4.26. The highest BCUT2D eigenvalue weighted by molar-refractivity contribution is 5.87. The van der Waals surface area contributed by atoms with Gasteiger partial charge in [0.25, 0.3) is 0 Å². The van der Waals surface area contributed by atoms with Crippen molar-refractivity contribution in [1.29, 1.82) is 0 Å². The van der Waals surface area contributed by atoms with Gasteiger partial charge < -0.3 is 10.2 Å². The van der Waals surface area contributed by atoms with E-state index in [9.17, 15) is 0 Å². The first-order valence-corrected chi connectivity index (χ1v) is 8.91. The van der Waals surface area contributed by atoms with Gasteiger partial charge in [0, 0.05) is 37.5 Å². The van der Waals surface area contributed by atoms with Crippen LogP contribution in [0.2, 0.25) is 0 Å². The number of nitrogens with zero attached hydrogens (tertiary/aromatic N) is 3. The smallest absolute Gasteiger partial charge is 0.0740 e. The van der Waals surface area contributed by atoms with Crippen LogP contribution < -0.4 is 10.2 Å². The number of fused-ring (bicyclic) bond motifs is 1. The molecular weight excluding hydrogens is 308 g/mol. The first-order valence-electron chi connectivity index (χ1n) is 8.91. The lowest BCUT2D eigenvalue weighted by molar-refractivity contribution is 0.565. The maximum Gasteiger partial charge on any atom is 0.0740 e. The summed E-state index contributed by atoms with van der Waals surface area (Å²) in [5.41, 5.74) is 6.12. The van der Waals surface area contributed by atoms with Gasteiger partial charge in [-0.25, -0.2) is 0 Å². The van der Waals surface area contributed by atoms with Crippen molar-refractivity contribution in [2.45, 2.75) is 19.4 Å². The Morgan fingerprint density at radius 2 is 1.92 bits per heavy atom. The zero-order chi connectivity index (χ0) is 17.2. The second-order valence-corrected chi connectivity index (χ2v) is 6.70. The van der Waals surface area contributed by atoms with Crippen LogP contribution in [-0.2, 0) is 0 Å². The third-order valence-electron chi connectivity index (χ3n) is 5.02. The Hall–Kier alpha value is -2.75. The number of benzene rings is 2. The van der Waals surface area contributed by atoms with Gasteiger partial charge in [-0.15, -0.1) is 0 Å². The Morgan fingerprint density at radius 1 is 1.08 bits per heavy atom. The van der Waals surface area contributed by atoms with E-state index < -0.39 is 0 Å². The van der Waals surface area contributed by atoms with Crippen molar-refractivity contribution >= 4 is 11.4 Å². The summed E-state index contributed by atoms with van der Waals surface area (Å²) in [7, 11) is 2.16. The van der Waals surface area contributed by atoms with Crippen LogP contribution in [0, 0.1) is 0 Å². The van der Waals surface area contributed by atoms with E-state index in [1.54, 1.807) is 0 Å². The van der Waals surface area contributed by atoms with Gasteiger partial charge in [-0.3, -0.25) is 4.68 Å². The van der Waals surface area contributed by atoms with Crippen molar-refractivity contribution in [3.63, 3.8) is 0 Å². The molecule has 0 saturated heterocycles. The van der Waals surface area contributed by atoms with E-state index in [1.165, 1.54) is 22.5 Å². The fourth-order valence-electron chi connectivity index (χ4n) is 3.51. The molecule has 0 amide bonds. The summed E-state index contributed by atoms with van der Waals surface area (Å²) in [6.07, 6.45) is 5.27. The molecule has 1 unspecified atom stereocenters. The molecule has 0 aliphatic carbocycles. The lowest BCUT2D eigenvalue weighted by atomic mass is 10.1. The highest BCUT2D eigenvalue weighted by Crippen LogP contribution is 2.37. The summed E-state index contributed by atoms with van der Waals surface area (Å²) in [4.78, 5) is 2.33. The molecule has 0 radical (unpaired) electrons. The van der Waals surface area contributed by atoms with Gasteiger partial charge in [-0.05, 0) is 25.0 Å². The minimum absolute atomic E-state index is 0.216. The molecule has 3 aromatic rings. The van der Waals surface area contributed by atoms with Crippen molar-refractivity contribution in [2.24, 2.45) is 0 Å². The van der Waals surface area contributed by atoms with Gasteiger partial charge in [0.15, 0.2) is 0 Å². The largest absolute Gasteiger partial charge is 0.383 e. The molecule has 128 valence electrons. The number of hydrogen-bond donors (Lipinski definition) is 1. The van der Waals surface area contributed by atoms with Crippen LogP contribution in [-0.4, -0.2) is 29.9 Å². The molecule has 1 atom stereocenters. The van der Waals surface area contributed by atoms with Crippen molar-refractivity contribution < 1.29 is 0 Å². The van der Waals surface area contributed by atoms with Crippen LogP contribution in [0.15, 0.2) is 60.9 Å². The summed E-state index contributed by atoms with van der Waals surface area (Å²) in [5.74, 6) is 0. The van der Waals surface area contributed by atoms with E-state index >= 15 is 0 Å². The second-order valence-electron chi connectivity index (χ2n) is 6.70. The molecule has 2 aromatic carbocycles. The third kappa shape index (κ3) is 3.00. The number of anilines is 2. The van der Waals surface area contributed by atoms with E-state index in [0.29, 0.717) is 0 Å². The number of nitrogens with one attached hydrogen (secondary N) is 1. The van der Waals surface area contributed by atoms with Crippen molar-refractivity contribution in [3.05, 3.63) is 66.5 Å². The monoisotopic (exact) mass is 332 g/mol. The molecule has 1 N–H and O–H groups in total. The highest BCUT2D eigenvalue weighted by Gasteiger charge is 2.17. The fraction of sp³-hybridized carbons (Fsp3) is 0.286. The lowest BCUT2D eigenvalue weighted by Gasteiger charge is -2.20.